The Morgan fingerprint density at radius 2 is 1.77 bits per heavy atom. The Morgan fingerprint density at radius 1 is 1.15 bits per heavy atom. The molecule has 0 amide bonds. The summed E-state index contributed by atoms with van der Waals surface area (Å²) >= 11 is 0. The number of ether oxygens (including phenoxy) is 1. The van der Waals surface area contributed by atoms with Crippen molar-refractivity contribution in [3.8, 4) is 0 Å². The molecule has 0 aliphatic carbocycles. The third kappa shape index (κ3) is 2.31. The molecule has 1 nitrogen and oxygen atoms in total. The van der Waals surface area contributed by atoms with Crippen LogP contribution in [0.25, 0.3) is 0 Å². The fourth-order valence-corrected chi connectivity index (χ4v) is 1.50. The zero-order chi connectivity index (χ0) is 9.73. The first kappa shape index (κ1) is 10.3. The van der Waals surface area contributed by atoms with Crippen LogP contribution in [0.1, 0.15) is 32.8 Å². The Hall–Kier alpha value is -0.820. The summed E-state index contributed by atoms with van der Waals surface area (Å²) in [5, 5.41) is 0. The molecule has 72 valence electrons. The molecular formula is C12H18O. The summed E-state index contributed by atoms with van der Waals surface area (Å²) in [6.45, 7) is 7.10. The van der Waals surface area contributed by atoms with Gasteiger partial charge in [-0.25, -0.2) is 0 Å². The lowest BCUT2D eigenvalue weighted by molar-refractivity contribution is -0.0323. The third-order valence-corrected chi connectivity index (χ3v) is 2.52. The molecule has 0 aromatic heterocycles. The summed E-state index contributed by atoms with van der Waals surface area (Å²) in [6, 6.07) is 10.4. The Labute approximate surface area is 80.7 Å². The number of rotatable bonds is 4. The van der Waals surface area contributed by atoms with Gasteiger partial charge in [-0.15, -0.1) is 0 Å². The lowest BCUT2D eigenvalue weighted by Gasteiger charge is -2.28. The van der Waals surface area contributed by atoms with Crippen molar-refractivity contribution >= 4 is 0 Å². The smallest absolute Gasteiger partial charge is 0.0900 e. The van der Waals surface area contributed by atoms with E-state index < -0.39 is 0 Å². The van der Waals surface area contributed by atoms with Crippen molar-refractivity contribution in [2.45, 2.75) is 32.8 Å². The Balaban J connectivity index is 2.89. The highest BCUT2D eigenvalue weighted by molar-refractivity contribution is 5.21. The Bertz CT molecular complexity index is 243. The average Bonchev–Trinajstić information content (AvgIpc) is 2.19. The molecule has 1 aromatic carbocycles. The van der Waals surface area contributed by atoms with E-state index in [1.165, 1.54) is 5.56 Å². The van der Waals surface area contributed by atoms with Crippen LogP contribution >= 0.6 is 0 Å². The van der Waals surface area contributed by atoms with Gasteiger partial charge in [-0.1, -0.05) is 37.3 Å². The second-order valence-electron chi connectivity index (χ2n) is 3.38. The summed E-state index contributed by atoms with van der Waals surface area (Å²) in [4.78, 5) is 0. The fraction of sp³-hybridized carbons (Fsp3) is 0.500. The molecule has 0 fully saturated rings. The van der Waals surface area contributed by atoms with E-state index in [1.807, 2.05) is 13.0 Å². The van der Waals surface area contributed by atoms with Gasteiger partial charge in [-0.05, 0) is 25.8 Å². The molecular weight excluding hydrogens is 160 g/mol. The normalized spacial score (nSPS) is 15.3. The Morgan fingerprint density at radius 3 is 2.23 bits per heavy atom. The maximum atomic E-state index is 5.76. The molecule has 0 saturated heterocycles. The van der Waals surface area contributed by atoms with Gasteiger partial charge in [0, 0.05) is 6.61 Å². The van der Waals surface area contributed by atoms with Crippen LogP contribution in [0.4, 0.5) is 0 Å². The van der Waals surface area contributed by atoms with Gasteiger partial charge in [0.15, 0.2) is 0 Å². The van der Waals surface area contributed by atoms with Crippen molar-refractivity contribution in [2.75, 3.05) is 6.61 Å². The van der Waals surface area contributed by atoms with Gasteiger partial charge >= 0.3 is 0 Å². The number of benzene rings is 1. The van der Waals surface area contributed by atoms with Crippen molar-refractivity contribution in [3.63, 3.8) is 0 Å². The molecule has 0 bridgehead atoms. The predicted molar refractivity (Wildman–Crippen MR) is 55.7 cm³/mol. The van der Waals surface area contributed by atoms with E-state index in [2.05, 4.69) is 38.1 Å². The molecule has 0 aliphatic heterocycles. The highest BCUT2D eigenvalue weighted by atomic mass is 16.5. The van der Waals surface area contributed by atoms with Crippen LogP contribution in [0.3, 0.4) is 0 Å². The molecule has 13 heavy (non-hydrogen) atoms. The van der Waals surface area contributed by atoms with Crippen molar-refractivity contribution < 1.29 is 4.74 Å². The minimum Gasteiger partial charge on any atom is -0.371 e. The van der Waals surface area contributed by atoms with Crippen LogP contribution in [-0.4, -0.2) is 6.61 Å². The van der Waals surface area contributed by atoms with Crippen LogP contribution in [0.5, 0.6) is 0 Å². The Kier molecular flexibility index (Phi) is 3.49. The molecule has 0 spiro atoms. The first-order valence-electron chi connectivity index (χ1n) is 4.92. The van der Waals surface area contributed by atoms with Gasteiger partial charge in [0.25, 0.3) is 0 Å². The summed E-state index contributed by atoms with van der Waals surface area (Å²) < 4.78 is 5.76. The second-order valence-corrected chi connectivity index (χ2v) is 3.38. The van der Waals surface area contributed by atoms with E-state index in [4.69, 9.17) is 4.74 Å². The summed E-state index contributed by atoms with van der Waals surface area (Å²) in [5.74, 6) is 0. The van der Waals surface area contributed by atoms with E-state index >= 15 is 0 Å². The lowest BCUT2D eigenvalue weighted by atomic mass is 9.93. The van der Waals surface area contributed by atoms with Gasteiger partial charge in [0.05, 0.1) is 5.60 Å². The van der Waals surface area contributed by atoms with Crippen molar-refractivity contribution in [1.82, 2.24) is 0 Å². The molecule has 0 aliphatic rings. The van der Waals surface area contributed by atoms with Crippen LogP contribution in [-0.2, 0) is 10.3 Å². The van der Waals surface area contributed by atoms with Gasteiger partial charge < -0.3 is 4.74 Å². The minimum atomic E-state index is -0.115. The topological polar surface area (TPSA) is 9.23 Å². The first-order chi connectivity index (χ1) is 6.23. The molecule has 1 rings (SSSR count). The summed E-state index contributed by atoms with van der Waals surface area (Å²) in [7, 11) is 0. The molecule has 0 N–H and O–H groups in total. The van der Waals surface area contributed by atoms with Crippen LogP contribution in [0.2, 0.25) is 0 Å². The summed E-state index contributed by atoms with van der Waals surface area (Å²) in [5.41, 5.74) is 1.15. The van der Waals surface area contributed by atoms with Crippen LogP contribution in [0.15, 0.2) is 30.3 Å². The van der Waals surface area contributed by atoms with Gasteiger partial charge in [-0.2, -0.15) is 0 Å². The van der Waals surface area contributed by atoms with E-state index in [0.717, 1.165) is 13.0 Å². The molecule has 1 atom stereocenters. The van der Waals surface area contributed by atoms with Crippen molar-refractivity contribution in [1.29, 1.82) is 0 Å². The van der Waals surface area contributed by atoms with E-state index in [-0.39, 0.29) is 5.60 Å². The van der Waals surface area contributed by atoms with Gasteiger partial charge in [0.2, 0.25) is 0 Å². The molecule has 0 unspecified atom stereocenters. The molecule has 0 radical (unpaired) electrons. The van der Waals surface area contributed by atoms with Crippen LogP contribution in [0, 0.1) is 0 Å². The van der Waals surface area contributed by atoms with Crippen molar-refractivity contribution in [2.24, 2.45) is 0 Å². The fourth-order valence-electron chi connectivity index (χ4n) is 1.50. The zero-order valence-corrected chi connectivity index (χ0v) is 8.71. The highest BCUT2D eigenvalue weighted by Gasteiger charge is 2.23. The molecule has 0 saturated carbocycles. The first-order valence-corrected chi connectivity index (χ1v) is 4.92. The minimum absolute atomic E-state index is 0.115. The third-order valence-electron chi connectivity index (χ3n) is 2.52. The van der Waals surface area contributed by atoms with Gasteiger partial charge in [0.1, 0.15) is 0 Å². The zero-order valence-electron chi connectivity index (χ0n) is 8.71. The van der Waals surface area contributed by atoms with Crippen LogP contribution < -0.4 is 0 Å². The predicted octanol–water partition coefficient (Wildman–Crippen LogP) is 3.35. The maximum absolute atomic E-state index is 5.76. The molecule has 0 heterocycles. The van der Waals surface area contributed by atoms with Gasteiger partial charge in [-0.3, -0.25) is 0 Å². The average molecular weight is 178 g/mol. The number of hydrogen-bond acceptors (Lipinski definition) is 1. The quantitative estimate of drug-likeness (QED) is 0.687. The standard InChI is InChI=1S/C12H18O/c1-4-12(3,13-5-2)11-9-7-6-8-10-11/h6-10H,4-5H2,1-3H3/t12-/m0/s1. The molecule has 1 aromatic rings. The largest absolute Gasteiger partial charge is 0.371 e. The molecule has 1 heteroatoms. The van der Waals surface area contributed by atoms with E-state index in [0.29, 0.717) is 0 Å². The van der Waals surface area contributed by atoms with E-state index in [1.54, 1.807) is 0 Å². The van der Waals surface area contributed by atoms with Crippen molar-refractivity contribution in [3.05, 3.63) is 35.9 Å². The maximum Gasteiger partial charge on any atom is 0.0900 e. The summed E-state index contributed by atoms with van der Waals surface area (Å²) in [6.07, 6.45) is 1.00. The second kappa shape index (κ2) is 4.43. The monoisotopic (exact) mass is 178 g/mol. The van der Waals surface area contributed by atoms with E-state index in [9.17, 15) is 0 Å². The number of hydrogen-bond donors (Lipinski definition) is 0. The highest BCUT2D eigenvalue weighted by Crippen LogP contribution is 2.28. The SMILES string of the molecule is CCO[C@@](C)(CC)c1ccccc1. The lowest BCUT2D eigenvalue weighted by Crippen LogP contribution is -2.24.